The molecule has 182 valence electrons. The standard InChI is InChI=1S/C28H30N2O4S/c1-6-18(4)34-22-14-10-20(11-15-22)16-23-26(31)30-25(21-12-8-17(3)9-13-21)24(27(32)33-7-2)19(5)29-28(30)35-23/h8-16,18,25H,6-7H2,1-5H3/b23-16+/t18-,25+/m0/s1. The van der Waals surface area contributed by atoms with Gasteiger partial charge in [0.05, 0.1) is 34.6 Å². The molecule has 0 fully saturated rings. The third-order valence-electron chi connectivity index (χ3n) is 6.00. The number of esters is 1. The van der Waals surface area contributed by atoms with Crippen LogP contribution in [-0.2, 0) is 9.53 Å². The van der Waals surface area contributed by atoms with Crippen molar-refractivity contribution in [2.45, 2.75) is 53.2 Å². The monoisotopic (exact) mass is 490 g/mol. The van der Waals surface area contributed by atoms with Crippen LogP contribution in [0.15, 0.2) is 69.6 Å². The Bertz CT molecular complexity index is 1430. The molecule has 6 nitrogen and oxygen atoms in total. The minimum Gasteiger partial charge on any atom is -0.491 e. The number of aryl methyl sites for hydroxylation is 1. The lowest BCUT2D eigenvalue weighted by molar-refractivity contribution is -0.139. The summed E-state index contributed by atoms with van der Waals surface area (Å²) >= 11 is 1.32. The minimum absolute atomic E-state index is 0.142. The highest BCUT2D eigenvalue weighted by atomic mass is 32.1. The van der Waals surface area contributed by atoms with Gasteiger partial charge in [0.25, 0.3) is 5.56 Å². The first-order valence-electron chi connectivity index (χ1n) is 11.8. The highest BCUT2D eigenvalue weighted by Gasteiger charge is 2.33. The van der Waals surface area contributed by atoms with Gasteiger partial charge in [0.15, 0.2) is 4.80 Å². The lowest BCUT2D eigenvalue weighted by atomic mass is 9.95. The summed E-state index contributed by atoms with van der Waals surface area (Å²) in [5, 5.41) is 0. The Morgan fingerprint density at radius 1 is 1.11 bits per heavy atom. The zero-order valence-electron chi connectivity index (χ0n) is 20.7. The average molecular weight is 491 g/mol. The van der Waals surface area contributed by atoms with Gasteiger partial charge in [0, 0.05) is 0 Å². The second kappa shape index (κ2) is 10.4. The van der Waals surface area contributed by atoms with Crippen molar-refractivity contribution < 1.29 is 14.3 Å². The van der Waals surface area contributed by atoms with Crippen molar-refractivity contribution in [3.63, 3.8) is 0 Å². The molecule has 0 unspecified atom stereocenters. The molecule has 35 heavy (non-hydrogen) atoms. The highest BCUT2D eigenvalue weighted by Crippen LogP contribution is 2.30. The Morgan fingerprint density at radius 2 is 1.80 bits per heavy atom. The number of ether oxygens (including phenoxy) is 2. The first-order valence-corrected chi connectivity index (χ1v) is 12.7. The third-order valence-corrected chi connectivity index (χ3v) is 6.98. The summed E-state index contributed by atoms with van der Waals surface area (Å²) in [6.07, 6.45) is 2.92. The Kier molecular flexibility index (Phi) is 7.36. The summed E-state index contributed by atoms with van der Waals surface area (Å²) < 4.78 is 13.4. The first kappa shape index (κ1) is 24.7. The topological polar surface area (TPSA) is 69.9 Å². The van der Waals surface area contributed by atoms with Crippen LogP contribution in [0.1, 0.15) is 56.8 Å². The van der Waals surface area contributed by atoms with Crippen molar-refractivity contribution in [2.24, 2.45) is 4.99 Å². The summed E-state index contributed by atoms with van der Waals surface area (Å²) in [6.45, 7) is 9.92. The van der Waals surface area contributed by atoms with E-state index in [1.807, 2.05) is 68.5 Å². The number of hydrogen-bond acceptors (Lipinski definition) is 6. The molecule has 0 radical (unpaired) electrons. The second-order valence-electron chi connectivity index (χ2n) is 8.62. The van der Waals surface area contributed by atoms with Crippen molar-refractivity contribution in [1.82, 2.24) is 4.57 Å². The van der Waals surface area contributed by atoms with E-state index >= 15 is 0 Å². The molecule has 1 aliphatic rings. The maximum Gasteiger partial charge on any atom is 0.338 e. The van der Waals surface area contributed by atoms with Crippen LogP contribution in [0.2, 0.25) is 0 Å². The van der Waals surface area contributed by atoms with Gasteiger partial charge in [-0.25, -0.2) is 9.79 Å². The molecular formula is C28H30N2O4S. The van der Waals surface area contributed by atoms with Gasteiger partial charge in [0.1, 0.15) is 5.75 Å². The summed E-state index contributed by atoms with van der Waals surface area (Å²) in [5.41, 5.74) is 3.59. The van der Waals surface area contributed by atoms with Gasteiger partial charge in [-0.1, -0.05) is 60.2 Å². The lowest BCUT2D eigenvalue weighted by Crippen LogP contribution is -2.39. The lowest BCUT2D eigenvalue weighted by Gasteiger charge is -2.24. The van der Waals surface area contributed by atoms with Crippen molar-refractivity contribution >= 4 is 23.4 Å². The number of aromatic nitrogens is 1. The first-order chi connectivity index (χ1) is 16.8. The van der Waals surface area contributed by atoms with Crippen molar-refractivity contribution in [3.05, 3.63) is 96.2 Å². The molecular weight excluding hydrogens is 460 g/mol. The van der Waals surface area contributed by atoms with Gasteiger partial charge in [-0.2, -0.15) is 0 Å². The molecule has 0 spiro atoms. The summed E-state index contributed by atoms with van der Waals surface area (Å²) in [4.78, 5) is 31.8. The van der Waals surface area contributed by atoms with Crippen LogP contribution in [0.25, 0.3) is 6.08 Å². The van der Waals surface area contributed by atoms with Crippen molar-refractivity contribution in [2.75, 3.05) is 6.61 Å². The van der Waals surface area contributed by atoms with Crippen LogP contribution < -0.4 is 19.6 Å². The molecule has 2 atom stereocenters. The van der Waals surface area contributed by atoms with Gasteiger partial charge in [-0.05, 0) is 63.5 Å². The van der Waals surface area contributed by atoms with Gasteiger partial charge >= 0.3 is 5.97 Å². The van der Waals surface area contributed by atoms with E-state index in [1.165, 1.54) is 11.3 Å². The second-order valence-corrected chi connectivity index (χ2v) is 9.63. The molecule has 4 rings (SSSR count). The van der Waals surface area contributed by atoms with Crippen LogP contribution in [0.4, 0.5) is 0 Å². The van der Waals surface area contributed by atoms with Crippen LogP contribution in [0, 0.1) is 6.92 Å². The van der Waals surface area contributed by atoms with Gasteiger partial charge in [-0.15, -0.1) is 0 Å². The third kappa shape index (κ3) is 5.15. The predicted molar refractivity (Wildman–Crippen MR) is 138 cm³/mol. The Labute approximate surface area is 208 Å². The predicted octanol–water partition coefficient (Wildman–Crippen LogP) is 4.28. The average Bonchev–Trinajstić information content (AvgIpc) is 3.14. The zero-order valence-corrected chi connectivity index (χ0v) is 21.5. The Hall–Kier alpha value is -3.45. The zero-order chi connectivity index (χ0) is 25.1. The number of allylic oxidation sites excluding steroid dienone is 1. The maximum absolute atomic E-state index is 13.6. The summed E-state index contributed by atoms with van der Waals surface area (Å²) in [6, 6.07) is 14.9. The largest absolute Gasteiger partial charge is 0.491 e. The highest BCUT2D eigenvalue weighted by molar-refractivity contribution is 7.07. The molecule has 3 aromatic rings. The summed E-state index contributed by atoms with van der Waals surface area (Å²) in [5.74, 6) is 0.345. The quantitative estimate of drug-likeness (QED) is 0.464. The molecule has 0 amide bonds. The molecule has 0 saturated carbocycles. The smallest absolute Gasteiger partial charge is 0.338 e. The van der Waals surface area contributed by atoms with E-state index in [2.05, 4.69) is 11.9 Å². The van der Waals surface area contributed by atoms with Crippen LogP contribution >= 0.6 is 11.3 Å². The SMILES string of the molecule is CCOC(=O)C1=C(C)N=c2s/c(=C/c3ccc(O[C@@H](C)CC)cc3)c(=O)n2[C@@H]1c1ccc(C)cc1. The fourth-order valence-electron chi connectivity index (χ4n) is 3.97. The number of nitrogens with zero attached hydrogens (tertiary/aromatic N) is 2. The van der Waals surface area contributed by atoms with Crippen LogP contribution in [-0.4, -0.2) is 23.2 Å². The minimum atomic E-state index is -0.598. The molecule has 1 aromatic heterocycles. The van der Waals surface area contributed by atoms with Crippen molar-refractivity contribution in [1.29, 1.82) is 0 Å². The van der Waals surface area contributed by atoms with Crippen LogP contribution in [0.5, 0.6) is 5.75 Å². The number of benzene rings is 2. The molecule has 1 aliphatic heterocycles. The molecule has 2 heterocycles. The fraction of sp³-hybridized carbons (Fsp3) is 0.321. The van der Waals surface area contributed by atoms with E-state index in [0.717, 1.165) is 28.9 Å². The van der Waals surface area contributed by atoms with Crippen LogP contribution in [0.3, 0.4) is 0 Å². The number of carbonyl (C=O) groups excluding carboxylic acids is 1. The maximum atomic E-state index is 13.6. The molecule has 0 N–H and O–H groups in total. The molecule has 2 aromatic carbocycles. The van der Waals surface area contributed by atoms with E-state index in [-0.39, 0.29) is 18.3 Å². The van der Waals surface area contributed by atoms with Gasteiger partial charge in [0.2, 0.25) is 0 Å². The van der Waals surface area contributed by atoms with E-state index in [0.29, 0.717) is 20.6 Å². The van der Waals surface area contributed by atoms with E-state index in [1.54, 1.807) is 18.4 Å². The van der Waals surface area contributed by atoms with E-state index < -0.39 is 12.0 Å². The fourth-order valence-corrected chi connectivity index (χ4v) is 5.01. The van der Waals surface area contributed by atoms with Gasteiger partial charge < -0.3 is 9.47 Å². The number of carbonyl (C=O) groups is 1. The number of fused-ring (bicyclic) bond motifs is 1. The van der Waals surface area contributed by atoms with Gasteiger partial charge in [-0.3, -0.25) is 9.36 Å². The normalized spacial score (nSPS) is 16.5. The Balaban J connectivity index is 1.82. The number of hydrogen-bond donors (Lipinski definition) is 0. The number of thiazole rings is 1. The molecule has 0 aliphatic carbocycles. The summed E-state index contributed by atoms with van der Waals surface area (Å²) in [7, 11) is 0. The molecule has 7 heteroatoms. The Morgan fingerprint density at radius 3 is 2.43 bits per heavy atom. The molecule has 0 saturated heterocycles. The van der Waals surface area contributed by atoms with Crippen molar-refractivity contribution in [3.8, 4) is 5.75 Å². The molecule has 0 bridgehead atoms. The number of rotatable bonds is 7. The van der Waals surface area contributed by atoms with E-state index in [9.17, 15) is 9.59 Å². The van der Waals surface area contributed by atoms with E-state index in [4.69, 9.17) is 9.47 Å².